The van der Waals surface area contributed by atoms with Crippen LogP contribution in [-0.2, 0) is 0 Å². The summed E-state index contributed by atoms with van der Waals surface area (Å²) in [7, 11) is 0. The van der Waals surface area contributed by atoms with Gasteiger partial charge in [-0.25, -0.2) is 9.69 Å². The number of carbonyl (C=O) groups is 1. The van der Waals surface area contributed by atoms with E-state index in [1.807, 2.05) is 102 Å². The number of hydrazone groups is 1. The zero-order chi connectivity index (χ0) is 25.2. The molecule has 6 heteroatoms. The predicted molar refractivity (Wildman–Crippen MR) is 150 cm³/mol. The lowest BCUT2D eigenvalue weighted by Crippen LogP contribution is -2.27. The van der Waals surface area contributed by atoms with Crippen molar-refractivity contribution in [2.45, 2.75) is 12.5 Å². The van der Waals surface area contributed by atoms with E-state index in [9.17, 15) is 4.79 Å². The van der Waals surface area contributed by atoms with Crippen LogP contribution in [0.15, 0.2) is 131 Å². The second-order valence-electron chi connectivity index (χ2n) is 8.87. The first-order valence-electron chi connectivity index (χ1n) is 12.1. The Morgan fingerprint density at radius 3 is 2.08 bits per heavy atom. The number of hydrogen-bond acceptors (Lipinski definition) is 3. The molecule has 1 amide bonds. The van der Waals surface area contributed by atoms with Gasteiger partial charge in [-0.2, -0.15) is 10.2 Å². The molecule has 1 aliphatic rings. The number of nitrogens with zero attached hydrogens (tertiary/aromatic N) is 4. The molecule has 0 unspecified atom stereocenters. The quantitative estimate of drug-likeness (QED) is 0.232. The maximum absolute atomic E-state index is 13.7. The molecule has 180 valence electrons. The highest BCUT2D eigenvalue weighted by atomic mass is 79.9. The van der Waals surface area contributed by atoms with Gasteiger partial charge in [-0.1, -0.05) is 94.8 Å². The fraction of sp³-hybridized carbons (Fsp3) is 0.0645. The van der Waals surface area contributed by atoms with Crippen molar-refractivity contribution in [2.75, 3.05) is 0 Å². The van der Waals surface area contributed by atoms with Crippen LogP contribution >= 0.6 is 15.9 Å². The van der Waals surface area contributed by atoms with Crippen LogP contribution in [0.4, 0.5) is 0 Å². The molecule has 0 fully saturated rings. The molecule has 37 heavy (non-hydrogen) atoms. The number of rotatable bonds is 5. The molecule has 6 rings (SSSR count). The molecule has 0 saturated heterocycles. The Bertz CT molecular complexity index is 1560. The molecule has 0 aliphatic carbocycles. The van der Waals surface area contributed by atoms with E-state index in [1.165, 1.54) is 0 Å². The smallest absolute Gasteiger partial charge is 0.267 e. The third-order valence-electron chi connectivity index (χ3n) is 6.49. The number of hydrogen-bond donors (Lipinski definition) is 0. The molecule has 2 heterocycles. The SMILES string of the molecule is O=C(c1ccc(Br)cc1)N1N=C(c2cn(-c3ccccc3)nc2-c2ccccc2)C[C@@H]1c1ccccc1. The van der Waals surface area contributed by atoms with E-state index in [0.29, 0.717) is 12.0 Å². The van der Waals surface area contributed by atoms with Crippen LogP contribution in [0, 0.1) is 0 Å². The van der Waals surface area contributed by atoms with Gasteiger partial charge in [-0.05, 0) is 42.0 Å². The van der Waals surface area contributed by atoms with Gasteiger partial charge in [0.05, 0.1) is 17.4 Å². The lowest BCUT2D eigenvalue weighted by atomic mass is 9.97. The summed E-state index contributed by atoms with van der Waals surface area (Å²) in [4.78, 5) is 13.7. The number of amides is 1. The van der Waals surface area contributed by atoms with Crippen molar-refractivity contribution in [2.24, 2.45) is 5.10 Å². The fourth-order valence-electron chi connectivity index (χ4n) is 4.63. The van der Waals surface area contributed by atoms with Crippen molar-refractivity contribution in [3.05, 3.63) is 143 Å². The lowest BCUT2D eigenvalue weighted by Gasteiger charge is -2.22. The van der Waals surface area contributed by atoms with Gasteiger partial charge in [0, 0.05) is 33.8 Å². The molecule has 0 saturated carbocycles. The molecular weight excluding hydrogens is 524 g/mol. The van der Waals surface area contributed by atoms with Gasteiger partial charge < -0.3 is 0 Å². The van der Waals surface area contributed by atoms with Crippen molar-refractivity contribution in [1.29, 1.82) is 0 Å². The van der Waals surface area contributed by atoms with E-state index in [0.717, 1.165) is 38.3 Å². The summed E-state index contributed by atoms with van der Waals surface area (Å²) < 4.78 is 2.81. The number of benzene rings is 4. The first-order valence-corrected chi connectivity index (χ1v) is 12.9. The summed E-state index contributed by atoms with van der Waals surface area (Å²) in [5.41, 5.74) is 6.20. The van der Waals surface area contributed by atoms with E-state index in [4.69, 9.17) is 10.2 Å². The minimum atomic E-state index is -0.212. The Morgan fingerprint density at radius 2 is 1.41 bits per heavy atom. The Morgan fingerprint density at radius 1 is 0.784 bits per heavy atom. The van der Waals surface area contributed by atoms with Gasteiger partial charge in [0.2, 0.25) is 0 Å². The molecule has 0 N–H and O–H groups in total. The molecule has 0 radical (unpaired) electrons. The largest absolute Gasteiger partial charge is 0.274 e. The average Bonchev–Trinajstić information content (AvgIpc) is 3.60. The molecule has 1 atom stereocenters. The van der Waals surface area contributed by atoms with E-state index in [1.54, 1.807) is 5.01 Å². The molecule has 1 aliphatic heterocycles. The highest BCUT2D eigenvalue weighted by Crippen LogP contribution is 2.36. The van der Waals surface area contributed by atoms with Crippen molar-refractivity contribution in [1.82, 2.24) is 14.8 Å². The highest BCUT2D eigenvalue weighted by Gasteiger charge is 2.35. The normalized spacial score (nSPS) is 15.0. The topological polar surface area (TPSA) is 50.5 Å². The number of halogens is 1. The van der Waals surface area contributed by atoms with E-state index in [2.05, 4.69) is 40.2 Å². The lowest BCUT2D eigenvalue weighted by molar-refractivity contribution is 0.0711. The van der Waals surface area contributed by atoms with Gasteiger partial charge in [0.15, 0.2) is 0 Å². The fourth-order valence-corrected chi connectivity index (χ4v) is 4.89. The Hall–Kier alpha value is -4.29. The third kappa shape index (κ3) is 4.63. The van der Waals surface area contributed by atoms with E-state index < -0.39 is 0 Å². The molecule has 5 aromatic rings. The first kappa shape index (κ1) is 23.1. The van der Waals surface area contributed by atoms with Gasteiger partial charge in [0.1, 0.15) is 5.69 Å². The van der Waals surface area contributed by atoms with Crippen LogP contribution in [0.1, 0.15) is 33.9 Å². The second-order valence-corrected chi connectivity index (χ2v) is 9.79. The predicted octanol–water partition coefficient (Wildman–Crippen LogP) is 7.29. The Kier molecular flexibility index (Phi) is 6.25. The average molecular weight is 547 g/mol. The van der Waals surface area contributed by atoms with Crippen LogP contribution in [0.3, 0.4) is 0 Å². The first-order chi connectivity index (χ1) is 18.2. The minimum Gasteiger partial charge on any atom is -0.267 e. The van der Waals surface area contributed by atoms with Gasteiger partial charge in [-0.15, -0.1) is 0 Å². The zero-order valence-electron chi connectivity index (χ0n) is 19.9. The summed E-state index contributed by atoms with van der Waals surface area (Å²) in [6.07, 6.45) is 2.61. The van der Waals surface area contributed by atoms with Crippen molar-refractivity contribution in [3.8, 4) is 16.9 Å². The number of aromatic nitrogens is 2. The Balaban J connectivity index is 1.47. The van der Waals surface area contributed by atoms with E-state index >= 15 is 0 Å². The van der Waals surface area contributed by atoms with Crippen LogP contribution in [0.5, 0.6) is 0 Å². The number of carbonyl (C=O) groups excluding carboxylic acids is 1. The molecule has 5 nitrogen and oxygen atoms in total. The molecule has 1 aromatic heterocycles. The maximum Gasteiger partial charge on any atom is 0.274 e. The summed E-state index contributed by atoms with van der Waals surface area (Å²) in [6, 6.07) is 37.4. The number of para-hydroxylation sites is 1. The van der Waals surface area contributed by atoms with Crippen molar-refractivity contribution in [3.63, 3.8) is 0 Å². The van der Waals surface area contributed by atoms with Crippen molar-refractivity contribution >= 4 is 27.5 Å². The summed E-state index contributed by atoms with van der Waals surface area (Å²) in [5, 5.41) is 11.5. The Labute approximate surface area is 223 Å². The zero-order valence-corrected chi connectivity index (χ0v) is 21.5. The molecule has 0 spiro atoms. The molecular formula is C31H23BrN4O. The summed E-state index contributed by atoms with van der Waals surface area (Å²) >= 11 is 3.46. The van der Waals surface area contributed by atoms with Crippen LogP contribution in [0.25, 0.3) is 16.9 Å². The second kappa shape index (κ2) is 9.99. The molecule has 4 aromatic carbocycles. The summed E-state index contributed by atoms with van der Waals surface area (Å²) in [5.74, 6) is -0.131. The van der Waals surface area contributed by atoms with Crippen LogP contribution in [-0.4, -0.2) is 26.4 Å². The van der Waals surface area contributed by atoms with Crippen LogP contribution < -0.4 is 0 Å². The highest BCUT2D eigenvalue weighted by molar-refractivity contribution is 9.10. The van der Waals surface area contributed by atoms with Crippen LogP contribution in [0.2, 0.25) is 0 Å². The third-order valence-corrected chi connectivity index (χ3v) is 7.02. The van der Waals surface area contributed by atoms with Gasteiger partial charge in [0.25, 0.3) is 5.91 Å². The van der Waals surface area contributed by atoms with E-state index in [-0.39, 0.29) is 11.9 Å². The summed E-state index contributed by atoms with van der Waals surface area (Å²) in [6.45, 7) is 0. The van der Waals surface area contributed by atoms with Gasteiger partial charge >= 0.3 is 0 Å². The maximum atomic E-state index is 13.7. The monoisotopic (exact) mass is 546 g/mol. The van der Waals surface area contributed by atoms with Gasteiger partial charge in [-0.3, -0.25) is 4.79 Å². The van der Waals surface area contributed by atoms with Crippen molar-refractivity contribution < 1.29 is 4.79 Å². The minimum absolute atomic E-state index is 0.131. The molecule has 0 bridgehead atoms. The standard InChI is InChI=1S/C31H23BrN4O/c32-25-18-16-24(17-19-25)31(37)36-29(22-10-4-1-5-11-22)20-28(33-36)27-21-35(26-14-8-3-9-15-26)34-30(27)23-12-6-2-7-13-23/h1-19,21,29H,20H2/t29-/m1/s1.